The molecule has 0 aliphatic carbocycles. The molecule has 0 spiro atoms. The molecule has 0 aliphatic heterocycles. The summed E-state index contributed by atoms with van der Waals surface area (Å²) in [5.41, 5.74) is 2.79. The topological polar surface area (TPSA) is 78.1 Å². The summed E-state index contributed by atoms with van der Waals surface area (Å²) < 4.78 is 0.888. The SMILES string of the molecule is CC(C)(C#N)c1ccc(Nc2c(N=O)cnc3ccc(Br)cc23)cc1. The van der Waals surface area contributed by atoms with Crippen LogP contribution in [0.3, 0.4) is 0 Å². The monoisotopic (exact) mass is 394 g/mol. The molecule has 6 heteroatoms. The highest BCUT2D eigenvalue weighted by atomic mass is 79.9. The second-order valence-electron chi connectivity index (χ2n) is 6.21. The lowest BCUT2D eigenvalue weighted by Crippen LogP contribution is -2.13. The van der Waals surface area contributed by atoms with Gasteiger partial charge in [0.2, 0.25) is 0 Å². The number of fused-ring (bicyclic) bond motifs is 1. The predicted octanol–water partition coefficient (Wildman–Crippen LogP) is 5.94. The van der Waals surface area contributed by atoms with E-state index < -0.39 is 5.41 Å². The van der Waals surface area contributed by atoms with Gasteiger partial charge in [0.05, 0.1) is 28.9 Å². The maximum atomic E-state index is 11.2. The van der Waals surface area contributed by atoms with Crippen LogP contribution in [0.5, 0.6) is 0 Å². The van der Waals surface area contributed by atoms with Gasteiger partial charge >= 0.3 is 0 Å². The molecule has 0 amide bonds. The van der Waals surface area contributed by atoms with Gasteiger partial charge < -0.3 is 5.32 Å². The number of aromatic nitrogens is 1. The number of nitrogens with one attached hydrogen (secondary N) is 1. The van der Waals surface area contributed by atoms with E-state index in [1.54, 1.807) is 0 Å². The number of rotatable bonds is 4. The fraction of sp³-hybridized carbons (Fsp3) is 0.158. The Morgan fingerprint density at radius 3 is 2.56 bits per heavy atom. The molecule has 0 saturated carbocycles. The van der Waals surface area contributed by atoms with E-state index in [1.165, 1.54) is 6.20 Å². The van der Waals surface area contributed by atoms with Gasteiger partial charge in [-0.05, 0) is 54.9 Å². The van der Waals surface area contributed by atoms with Crippen molar-refractivity contribution in [2.24, 2.45) is 5.18 Å². The molecule has 25 heavy (non-hydrogen) atoms. The summed E-state index contributed by atoms with van der Waals surface area (Å²) in [6.45, 7) is 3.75. The van der Waals surface area contributed by atoms with Gasteiger partial charge in [-0.1, -0.05) is 28.1 Å². The van der Waals surface area contributed by atoms with E-state index >= 15 is 0 Å². The lowest BCUT2D eigenvalue weighted by molar-refractivity contribution is 0.687. The van der Waals surface area contributed by atoms with Crippen molar-refractivity contribution in [2.45, 2.75) is 19.3 Å². The van der Waals surface area contributed by atoms with Gasteiger partial charge in [-0.2, -0.15) is 5.26 Å². The standard InChI is InChI=1S/C19H15BrN4O/c1-19(2,11-21)12-3-6-14(7-4-12)23-18-15-9-13(20)5-8-16(15)22-10-17(18)24-25/h3-10H,1-2H3,(H,22,23). The first-order chi connectivity index (χ1) is 11.9. The van der Waals surface area contributed by atoms with Crippen LogP contribution in [-0.4, -0.2) is 4.98 Å². The van der Waals surface area contributed by atoms with Crippen LogP contribution in [0.4, 0.5) is 17.1 Å². The van der Waals surface area contributed by atoms with Crippen LogP contribution in [-0.2, 0) is 5.41 Å². The van der Waals surface area contributed by atoms with E-state index in [0.29, 0.717) is 5.69 Å². The normalized spacial score (nSPS) is 11.1. The lowest BCUT2D eigenvalue weighted by atomic mass is 9.86. The van der Waals surface area contributed by atoms with Crippen LogP contribution in [0.1, 0.15) is 19.4 Å². The minimum atomic E-state index is -0.553. The molecule has 0 bridgehead atoms. The minimum Gasteiger partial charge on any atom is -0.353 e. The highest BCUT2D eigenvalue weighted by Crippen LogP contribution is 2.36. The van der Waals surface area contributed by atoms with Gasteiger partial charge in [0, 0.05) is 15.5 Å². The summed E-state index contributed by atoms with van der Waals surface area (Å²) in [5, 5.41) is 16.4. The average molecular weight is 395 g/mol. The zero-order valence-corrected chi connectivity index (χ0v) is 15.3. The molecule has 0 fully saturated rings. The molecule has 0 unspecified atom stereocenters. The van der Waals surface area contributed by atoms with Gasteiger partial charge in [-0.25, -0.2) is 0 Å². The van der Waals surface area contributed by atoms with Crippen LogP contribution >= 0.6 is 15.9 Å². The molecule has 5 nitrogen and oxygen atoms in total. The smallest absolute Gasteiger partial charge is 0.150 e. The quantitative estimate of drug-likeness (QED) is 0.555. The van der Waals surface area contributed by atoms with Crippen LogP contribution in [0.2, 0.25) is 0 Å². The molecular weight excluding hydrogens is 380 g/mol. The third-order valence-electron chi connectivity index (χ3n) is 4.06. The first kappa shape index (κ1) is 17.1. The number of benzene rings is 2. The summed E-state index contributed by atoms with van der Waals surface area (Å²) in [5.74, 6) is 0. The van der Waals surface area contributed by atoms with E-state index in [0.717, 1.165) is 26.6 Å². The molecule has 1 heterocycles. The second kappa shape index (κ2) is 6.61. The van der Waals surface area contributed by atoms with Crippen molar-refractivity contribution in [3.63, 3.8) is 0 Å². The Hall–Kier alpha value is -2.78. The third kappa shape index (κ3) is 3.37. The number of nitrogens with zero attached hydrogens (tertiary/aromatic N) is 3. The molecule has 0 saturated heterocycles. The van der Waals surface area contributed by atoms with Crippen molar-refractivity contribution in [1.82, 2.24) is 4.98 Å². The number of pyridine rings is 1. The zero-order chi connectivity index (χ0) is 18.0. The molecule has 1 aromatic heterocycles. The van der Waals surface area contributed by atoms with Crippen LogP contribution in [0.15, 0.2) is 58.3 Å². The van der Waals surface area contributed by atoms with Gasteiger partial charge in [-0.3, -0.25) is 4.98 Å². The summed E-state index contributed by atoms with van der Waals surface area (Å²) in [6.07, 6.45) is 1.46. The van der Waals surface area contributed by atoms with Crippen LogP contribution < -0.4 is 5.32 Å². The van der Waals surface area contributed by atoms with Crippen molar-refractivity contribution < 1.29 is 0 Å². The average Bonchev–Trinajstić information content (AvgIpc) is 2.62. The first-order valence-electron chi connectivity index (χ1n) is 7.65. The Bertz CT molecular complexity index is 991. The largest absolute Gasteiger partial charge is 0.353 e. The Balaban J connectivity index is 2.04. The zero-order valence-electron chi connectivity index (χ0n) is 13.7. The van der Waals surface area contributed by atoms with Gasteiger partial charge in [0.1, 0.15) is 5.69 Å². The molecular formula is C19H15BrN4O. The van der Waals surface area contributed by atoms with E-state index in [4.69, 9.17) is 0 Å². The maximum absolute atomic E-state index is 11.2. The van der Waals surface area contributed by atoms with E-state index in [1.807, 2.05) is 56.3 Å². The van der Waals surface area contributed by atoms with Crippen molar-refractivity contribution in [3.8, 4) is 6.07 Å². The third-order valence-corrected chi connectivity index (χ3v) is 4.56. The number of hydrogen-bond acceptors (Lipinski definition) is 5. The molecule has 0 radical (unpaired) electrons. The Kier molecular flexibility index (Phi) is 4.51. The van der Waals surface area contributed by atoms with Crippen molar-refractivity contribution in [1.29, 1.82) is 5.26 Å². The summed E-state index contributed by atoms with van der Waals surface area (Å²) in [7, 11) is 0. The van der Waals surface area contributed by atoms with Crippen molar-refractivity contribution >= 4 is 43.9 Å². The van der Waals surface area contributed by atoms with E-state index in [9.17, 15) is 10.2 Å². The minimum absolute atomic E-state index is 0.243. The van der Waals surface area contributed by atoms with Gasteiger partial charge in [0.15, 0.2) is 0 Å². The predicted molar refractivity (Wildman–Crippen MR) is 103 cm³/mol. The highest BCUT2D eigenvalue weighted by molar-refractivity contribution is 9.10. The maximum Gasteiger partial charge on any atom is 0.150 e. The Morgan fingerprint density at radius 2 is 1.92 bits per heavy atom. The molecule has 0 atom stereocenters. The lowest BCUT2D eigenvalue weighted by Gasteiger charge is -2.17. The highest BCUT2D eigenvalue weighted by Gasteiger charge is 2.19. The van der Waals surface area contributed by atoms with E-state index in [2.05, 4.69) is 37.5 Å². The fourth-order valence-corrected chi connectivity index (χ4v) is 2.90. The molecule has 124 valence electrons. The Morgan fingerprint density at radius 1 is 1.20 bits per heavy atom. The summed E-state index contributed by atoms with van der Waals surface area (Å²) in [6, 6.07) is 15.5. The molecule has 3 aromatic rings. The molecule has 3 rings (SSSR count). The van der Waals surface area contributed by atoms with Gasteiger partial charge in [0.25, 0.3) is 0 Å². The number of nitriles is 1. The molecule has 2 aromatic carbocycles. The molecule has 1 N–H and O–H groups in total. The first-order valence-corrected chi connectivity index (χ1v) is 8.44. The summed E-state index contributed by atoms with van der Waals surface area (Å²) in [4.78, 5) is 15.5. The van der Waals surface area contributed by atoms with Crippen molar-refractivity contribution in [3.05, 3.63) is 63.6 Å². The van der Waals surface area contributed by atoms with Crippen LogP contribution in [0, 0.1) is 16.2 Å². The Labute approximate surface area is 153 Å². The number of nitroso groups, excluding NO2 is 1. The summed E-state index contributed by atoms with van der Waals surface area (Å²) >= 11 is 3.44. The van der Waals surface area contributed by atoms with E-state index in [-0.39, 0.29) is 5.69 Å². The fourth-order valence-electron chi connectivity index (χ4n) is 2.53. The van der Waals surface area contributed by atoms with Crippen LogP contribution in [0.25, 0.3) is 10.9 Å². The van der Waals surface area contributed by atoms with Crippen molar-refractivity contribution in [2.75, 3.05) is 5.32 Å². The second-order valence-corrected chi connectivity index (χ2v) is 7.13. The number of halogens is 1. The number of anilines is 2. The number of hydrogen-bond donors (Lipinski definition) is 1. The molecule has 0 aliphatic rings. The van der Waals surface area contributed by atoms with Gasteiger partial charge in [-0.15, -0.1) is 4.91 Å².